The molecule has 0 fully saturated rings. The van der Waals surface area contributed by atoms with Gasteiger partial charge >= 0.3 is 0 Å². The van der Waals surface area contributed by atoms with E-state index in [9.17, 15) is 17.2 Å². The number of aryl methyl sites for hydroxylation is 1. The summed E-state index contributed by atoms with van der Waals surface area (Å²) in [6, 6.07) is 6.48. The Balaban J connectivity index is 2.51. The van der Waals surface area contributed by atoms with Crippen LogP contribution in [0.5, 0.6) is 0 Å². The molecule has 3 N–H and O–H groups in total. The summed E-state index contributed by atoms with van der Waals surface area (Å²) in [7, 11) is -4.30. The van der Waals surface area contributed by atoms with E-state index in [0.29, 0.717) is 4.47 Å². The number of nitrogens with two attached hydrogens (primary N) is 1. The van der Waals surface area contributed by atoms with Crippen LogP contribution in [0.15, 0.2) is 39.7 Å². The standard InChI is InChI=1S/C13H11BrF2N2O2S/c1-7-3-2-4-10(12(7)14)18-21(19,20)11-6-8(17)5-9(15)13(11)16/h2-6,18H,17H2,1H3. The molecule has 0 aliphatic rings. The number of sulfonamides is 1. The van der Waals surface area contributed by atoms with Crippen LogP contribution in [0.4, 0.5) is 20.2 Å². The molecule has 8 heteroatoms. The van der Waals surface area contributed by atoms with Gasteiger partial charge in [0.15, 0.2) is 11.6 Å². The van der Waals surface area contributed by atoms with Gasteiger partial charge in [0.2, 0.25) is 0 Å². The zero-order valence-corrected chi connectivity index (χ0v) is 13.2. The van der Waals surface area contributed by atoms with Crippen LogP contribution in [-0.2, 0) is 10.0 Å². The number of anilines is 2. The second-order valence-electron chi connectivity index (χ2n) is 4.36. The van der Waals surface area contributed by atoms with Crippen molar-refractivity contribution in [3.8, 4) is 0 Å². The van der Waals surface area contributed by atoms with E-state index in [4.69, 9.17) is 5.73 Å². The van der Waals surface area contributed by atoms with Crippen molar-refractivity contribution in [2.24, 2.45) is 0 Å². The predicted molar refractivity (Wildman–Crippen MR) is 80.5 cm³/mol. The molecule has 2 aromatic carbocycles. The molecule has 0 aliphatic heterocycles. The highest BCUT2D eigenvalue weighted by molar-refractivity contribution is 9.10. The molecule has 0 saturated heterocycles. The van der Waals surface area contributed by atoms with Crippen molar-refractivity contribution in [2.75, 3.05) is 10.5 Å². The number of hydrogen-bond acceptors (Lipinski definition) is 3. The van der Waals surface area contributed by atoms with Crippen LogP contribution in [-0.4, -0.2) is 8.42 Å². The monoisotopic (exact) mass is 376 g/mol. The Kier molecular flexibility index (Phi) is 4.20. The molecule has 0 heterocycles. The Morgan fingerprint density at radius 1 is 1.24 bits per heavy atom. The molecule has 0 spiro atoms. The first-order valence-electron chi connectivity index (χ1n) is 5.75. The van der Waals surface area contributed by atoms with Gasteiger partial charge in [-0.25, -0.2) is 17.2 Å². The first-order chi connectivity index (χ1) is 9.72. The summed E-state index contributed by atoms with van der Waals surface area (Å²) in [4.78, 5) is -0.839. The van der Waals surface area contributed by atoms with Crippen LogP contribution in [0.3, 0.4) is 0 Å². The van der Waals surface area contributed by atoms with Gasteiger partial charge in [-0.2, -0.15) is 0 Å². The Hall–Kier alpha value is -1.67. The fourth-order valence-corrected chi connectivity index (χ4v) is 3.39. The Morgan fingerprint density at radius 3 is 2.57 bits per heavy atom. The summed E-state index contributed by atoms with van der Waals surface area (Å²) in [6.45, 7) is 1.77. The molecule has 0 atom stereocenters. The number of hydrogen-bond donors (Lipinski definition) is 2. The summed E-state index contributed by atoms with van der Waals surface area (Å²) in [5.41, 5.74) is 6.19. The van der Waals surface area contributed by atoms with Crippen molar-refractivity contribution < 1.29 is 17.2 Å². The number of rotatable bonds is 3. The lowest BCUT2D eigenvalue weighted by atomic mass is 10.2. The van der Waals surface area contributed by atoms with Crippen molar-refractivity contribution in [1.29, 1.82) is 0 Å². The van der Waals surface area contributed by atoms with Gasteiger partial charge in [0.1, 0.15) is 4.90 Å². The molecule has 112 valence electrons. The average molecular weight is 377 g/mol. The highest BCUT2D eigenvalue weighted by Gasteiger charge is 2.23. The number of nitrogens with one attached hydrogen (secondary N) is 1. The lowest BCUT2D eigenvalue weighted by Gasteiger charge is -2.12. The number of benzene rings is 2. The van der Waals surface area contributed by atoms with Gasteiger partial charge in [-0.1, -0.05) is 12.1 Å². The van der Waals surface area contributed by atoms with Gasteiger partial charge in [0.25, 0.3) is 10.0 Å². The number of halogens is 3. The van der Waals surface area contributed by atoms with Crippen molar-refractivity contribution in [2.45, 2.75) is 11.8 Å². The Labute approximate surface area is 129 Å². The molecule has 2 rings (SSSR count). The number of nitrogen functional groups attached to an aromatic ring is 1. The minimum absolute atomic E-state index is 0.183. The zero-order valence-electron chi connectivity index (χ0n) is 10.8. The fraction of sp³-hybridized carbons (Fsp3) is 0.0769. The van der Waals surface area contributed by atoms with Crippen LogP contribution in [0.25, 0.3) is 0 Å². The van der Waals surface area contributed by atoms with Gasteiger partial charge in [0, 0.05) is 10.2 Å². The van der Waals surface area contributed by atoms with Gasteiger partial charge < -0.3 is 5.73 Å². The van der Waals surface area contributed by atoms with Crippen LogP contribution in [0, 0.1) is 18.6 Å². The van der Waals surface area contributed by atoms with E-state index in [1.807, 2.05) is 0 Å². The van der Waals surface area contributed by atoms with Crippen LogP contribution < -0.4 is 10.5 Å². The minimum Gasteiger partial charge on any atom is -0.399 e. The maximum atomic E-state index is 13.7. The summed E-state index contributed by atoms with van der Waals surface area (Å²) in [6.07, 6.45) is 0. The molecular formula is C13H11BrF2N2O2S. The Bertz CT molecular complexity index is 810. The van der Waals surface area contributed by atoms with E-state index in [1.165, 1.54) is 6.07 Å². The molecule has 21 heavy (non-hydrogen) atoms. The van der Waals surface area contributed by atoms with E-state index < -0.39 is 26.6 Å². The van der Waals surface area contributed by atoms with Crippen LogP contribution >= 0.6 is 15.9 Å². The first kappa shape index (κ1) is 15.7. The largest absolute Gasteiger partial charge is 0.399 e. The SMILES string of the molecule is Cc1cccc(NS(=O)(=O)c2cc(N)cc(F)c2F)c1Br. The maximum Gasteiger partial charge on any atom is 0.265 e. The molecule has 0 aliphatic carbocycles. The second kappa shape index (κ2) is 5.61. The van der Waals surface area contributed by atoms with Gasteiger partial charge in [-0.15, -0.1) is 0 Å². The summed E-state index contributed by atoms with van der Waals surface area (Å²) < 4.78 is 54.1. The van der Waals surface area contributed by atoms with E-state index in [-0.39, 0.29) is 11.4 Å². The topological polar surface area (TPSA) is 72.2 Å². The lowest BCUT2D eigenvalue weighted by molar-refractivity contribution is 0.486. The predicted octanol–water partition coefficient (Wildman–Crippen LogP) is 3.42. The zero-order chi connectivity index (χ0) is 15.8. The third-order valence-electron chi connectivity index (χ3n) is 2.74. The van der Waals surface area contributed by atoms with Crippen molar-refractivity contribution >= 4 is 37.3 Å². The normalized spacial score (nSPS) is 11.4. The molecule has 0 radical (unpaired) electrons. The van der Waals surface area contributed by atoms with Gasteiger partial charge in [-0.05, 0) is 46.6 Å². The third-order valence-corrected chi connectivity index (χ3v) is 5.16. The lowest BCUT2D eigenvalue weighted by Crippen LogP contribution is -2.16. The van der Waals surface area contributed by atoms with Gasteiger partial charge in [-0.3, -0.25) is 4.72 Å². The highest BCUT2D eigenvalue weighted by atomic mass is 79.9. The molecule has 0 amide bonds. The summed E-state index contributed by atoms with van der Waals surface area (Å²) >= 11 is 3.23. The smallest absolute Gasteiger partial charge is 0.265 e. The molecule has 0 bridgehead atoms. The maximum absolute atomic E-state index is 13.7. The quantitative estimate of drug-likeness (QED) is 0.806. The van der Waals surface area contributed by atoms with Crippen LogP contribution in [0.1, 0.15) is 5.56 Å². The molecule has 2 aromatic rings. The van der Waals surface area contributed by atoms with E-state index in [0.717, 1.165) is 17.7 Å². The summed E-state index contributed by atoms with van der Waals surface area (Å²) in [5.74, 6) is -2.79. The van der Waals surface area contributed by atoms with Crippen molar-refractivity contribution in [3.63, 3.8) is 0 Å². The van der Waals surface area contributed by atoms with E-state index in [2.05, 4.69) is 20.7 Å². The van der Waals surface area contributed by atoms with E-state index in [1.54, 1.807) is 19.1 Å². The minimum atomic E-state index is -4.30. The molecular weight excluding hydrogens is 366 g/mol. The highest BCUT2D eigenvalue weighted by Crippen LogP contribution is 2.29. The van der Waals surface area contributed by atoms with Crippen molar-refractivity contribution in [1.82, 2.24) is 0 Å². The van der Waals surface area contributed by atoms with Crippen molar-refractivity contribution in [3.05, 3.63) is 52.0 Å². The third kappa shape index (κ3) is 3.16. The van der Waals surface area contributed by atoms with Crippen LogP contribution in [0.2, 0.25) is 0 Å². The fourth-order valence-electron chi connectivity index (χ4n) is 1.71. The molecule has 0 unspecified atom stereocenters. The molecule has 0 saturated carbocycles. The average Bonchev–Trinajstić information content (AvgIpc) is 2.39. The van der Waals surface area contributed by atoms with E-state index >= 15 is 0 Å². The molecule has 0 aromatic heterocycles. The molecule has 4 nitrogen and oxygen atoms in total. The summed E-state index contributed by atoms with van der Waals surface area (Å²) in [5, 5.41) is 0. The van der Waals surface area contributed by atoms with Gasteiger partial charge in [0.05, 0.1) is 5.69 Å². The second-order valence-corrected chi connectivity index (χ2v) is 6.80. The first-order valence-corrected chi connectivity index (χ1v) is 8.02. The Morgan fingerprint density at radius 2 is 1.90 bits per heavy atom.